The molecule has 0 spiro atoms. The average molecular weight is 343 g/mol. The molecule has 7 nitrogen and oxygen atoms in total. The number of piperidine rings is 1. The van der Waals surface area contributed by atoms with E-state index in [0.29, 0.717) is 30.6 Å². The molecular weight excluding hydrogens is 322 g/mol. The second-order valence-electron chi connectivity index (χ2n) is 5.69. The summed E-state index contributed by atoms with van der Waals surface area (Å²) >= 11 is 0. The van der Waals surface area contributed by atoms with E-state index in [0.717, 1.165) is 12.8 Å². The molecule has 3 rings (SSSR count). The molecule has 0 N–H and O–H groups in total. The van der Waals surface area contributed by atoms with Crippen molar-refractivity contribution in [3.05, 3.63) is 42.7 Å². The molecule has 1 aromatic carbocycles. The van der Waals surface area contributed by atoms with Crippen LogP contribution in [0.25, 0.3) is 0 Å². The van der Waals surface area contributed by atoms with E-state index in [4.69, 9.17) is 14.2 Å². The van der Waals surface area contributed by atoms with Crippen LogP contribution in [0.5, 0.6) is 17.5 Å². The second-order valence-corrected chi connectivity index (χ2v) is 5.69. The minimum absolute atomic E-state index is 0.0190. The maximum absolute atomic E-state index is 12.4. The van der Waals surface area contributed by atoms with E-state index in [1.165, 1.54) is 7.11 Å². The number of benzene rings is 1. The van der Waals surface area contributed by atoms with Crippen molar-refractivity contribution >= 4 is 5.91 Å². The third kappa shape index (κ3) is 4.59. The van der Waals surface area contributed by atoms with E-state index in [9.17, 15) is 4.79 Å². The van der Waals surface area contributed by atoms with Crippen LogP contribution in [0.4, 0.5) is 0 Å². The Hall–Kier alpha value is -2.83. The molecule has 1 unspecified atom stereocenters. The van der Waals surface area contributed by atoms with E-state index in [-0.39, 0.29) is 18.6 Å². The number of ether oxygens (including phenoxy) is 3. The Labute approximate surface area is 146 Å². The van der Waals surface area contributed by atoms with Crippen LogP contribution in [0.2, 0.25) is 0 Å². The first kappa shape index (κ1) is 17.0. The number of aromatic nitrogens is 2. The summed E-state index contributed by atoms with van der Waals surface area (Å²) in [5.74, 6) is 1.33. The number of para-hydroxylation sites is 1. The SMILES string of the molecule is COc1nccnc1OC1CCCN(C(=O)COc2ccccc2)C1. The van der Waals surface area contributed by atoms with Crippen LogP contribution in [0.15, 0.2) is 42.7 Å². The molecule has 1 fully saturated rings. The molecule has 132 valence electrons. The maximum Gasteiger partial charge on any atom is 0.278 e. The molecule has 0 saturated carbocycles. The monoisotopic (exact) mass is 343 g/mol. The Balaban J connectivity index is 1.54. The zero-order valence-electron chi connectivity index (χ0n) is 14.1. The van der Waals surface area contributed by atoms with E-state index in [2.05, 4.69) is 9.97 Å². The van der Waals surface area contributed by atoms with Gasteiger partial charge in [-0.1, -0.05) is 18.2 Å². The summed E-state index contributed by atoms with van der Waals surface area (Å²) < 4.78 is 16.6. The van der Waals surface area contributed by atoms with Crippen molar-refractivity contribution in [3.8, 4) is 17.5 Å². The normalized spacial score (nSPS) is 17.0. The van der Waals surface area contributed by atoms with Crippen LogP contribution in [-0.2, 0) is 4.79 Å². The number of nitrogens with zero attached hydrogens (tertiary/aromatic N) is 3. The van der Waals surface area contributed by atoms with Crippen LogP contribution < -0.4 is 14.2 Å². The van der Waals surface area contributed by atoms with Gasteiger partial charge in [-0.2, -0.15) is 0 Å². The van der Waals surface area contributed by atoms with Gasteiger partial charge in [0.05, 0.1) is 13.7 Å². The first-order valence-corrected chi connectivity index (χ1v) is 8.23. The summed E-state index contributed by atoms with van der Waals surface area (Å²) in [4.78, 5) is 22.4. The predicted molar refractivity (Wildman–Crippen MR) is 90.8 cm³/mol. The fraction of sp³-hybridized carbons (Fsp3) is 0.389. The third-order valence-electron chi connectivity index (χ3n) is 3.94. The number of hydrogen-bond acceptors (Lipinski definition) is 6. The molecule has 1 aliphatic heterocycles. The summed E-state index contributed by atoms with van der Waals surface area (Å²) in [5.41, 5.74) is 0. The van der Waals surface area contributed by atoms with Crippen molar-refractivity contribution in [2.75, 3.05) is 26.8 Å². The fourth-order valence-corrected chi connectivity index (χ4v) is 2.71. The number of hydrogen-bond donors (Lipinski definition) is 0. The lowest BCUT2D eigenvalue weighted by Gasteiger charge is -2.32. The lowest BCUT2D eigenvalue weighted by molar-refractivity contribution is -0.136. The summed E-state index contributed by atoms with van der Waals surface area (Å²) in [6.45, 7) is 1.22. The van der Waals surface area contributed by atoms with Crippen LogP contribution in [0.3, 0.4) is 0 Å². The predicted octanol–water partition coefficient (Wildman–Crippen LogP) is 1.93. The molecule has 0 radical (unpaired) electrons. The van der Waals surface area contributed by atoms with E-state index >= 15 is 0 Å². The van der Waals surface area contributed by atoms with Gasteiger partial charge in [0.1, 0.15) is 11.9 Å². The summed E-state index contributed by atoms with van der Waals surface area (Å²) in [6.07, 6.45) is 4.67. The molecule has 0 bridgehead atoms. The zero-order chi connectivity index (χ0) is 17.5. The molecule has 1 amide bonds. The van der Waals surface area contributed by atoms with Gasteiger partial charge in [-0.3, -0.25) is 4.79 Å². The summed E-state index contributed by atoms with van der Waals surface area (Å²) in [6, 6.07) is 9.31. The smallest absolute Gasteiger partial charge is 0.278 e. The molecule has 1 saturated heterocycles. The van der Waals surface area contributed by atoms with E-state index in [1.54, 1.807) is 17.3 Å². The van der Waals surface area contributed by atoms with Crippen molar-refractivity contribution in [1.29, 1.82) is 0 Å². The highest BCUT2D eigenvalue weighted by Crippen LogP contribution is 2.24. The van der Waals surface area contributed by atoms with Crippen LogP contribution in [-0.4, -0.2) is 53.7 Å². The van der Waals surface area contributed by atoms with Gasteiger partial charge in [-0.15, -0.1) is 0 Å². The number of likely N-dealkylation sites (tertiary alicyclic amines) is 1. The lowest BCUT2D eigenvalue weighted by atomic mass is 10.1. The molecule has 2 heterocycles. The highest BCUT2D eigenvalue weighted by molar-refractivity contribution is 5.77. The largest absolute Gasteiger partial charge is 0.484 e. The van der Waals surface area contributed by atoms with Crippen molar-refractivity contribution in [2.45, 2.75) is 18.9 Å². The van der Waals surface area contributed by atoms with Gasteiger partial charge in [-0.05, 0) is 25.0 Å². The first-order chi connectivity index (χ1) is 12.3. The maximum atomic E-state index is 12.4. The van der Waals surface area contributed by atoms with Gasteiger partial charge in [0, 0.05) is 18.9 Å². The Kier molecular flexibility index (Phi) is 5.66. The van der Waals surface area contributed by atoms with Gasteiger partial charge < -0.3 is 19.1 Å². The van der Waals surface area contributed by atoms with Crippen LogP contribution in [0, 0.1) is 0 Å². The Morgan fingerprint density at radius 2 is 1.96 bits per heavy atom. The van der Waals surface area contributed by atoms with E-state index < -0.39 is 0 Å². The van der Waals surface area contributed by atoms with Gasteiger partial charge >= 0.3 is 0 Å². The first-order valence-electron chi connectivity index (χ1n) is 8.23. The molecule has 2 aromatic rings. The summed E-state index contributed by atoms with van der Waals surface area (Å²) in [7, 11) is 1.52. The highest BCUT2D eigenvalue weighted by Gasteiger charge is 2.26. The molecule has 1 atom stereocenters. The number of amides is 1. The van der Waals surface area contributed by atoms with Gasteiger partial charge in [0.15, 0.2) is 6.61 Å². The van der Waals surface area contributed by atoms with Crippen molar-refractivity contribution in [2.24, 2.45) is 0 Å². The quantitative estimate of drug-likeness (QED) is 0.798. The molecule has 25 heavy (non-hydrogen) atoms. The van der Waals surface area contributed by atoms with Crippen LogP contribution >= 0.6 is 0 Å². The van der Waals surface area contributed by atoms with Gasteiger partial charge in [0.2, 0.25) is 0 Å². The molecular formula is C18H21N3O4. The average Bonchev–Trinajstić information content (AvgIpc) is 2.67. The van der Waals surface area contributed by atoms with Crippen molar-refractivity contribution in [1.82, 2.24) is 14.9 Å². The molecule has 7 heteroatoms. The van der Waals surface area contributed by atoms with E-state index in [1.807, 2.05) is 30.3 Å². The lowest BCUT2D eigenvalue weighted by Crippen LogP contribution is -2.46. The Bertz CT molecular complexity index is 696. The molecule has 0 aliphatic carbocycles. The van der Waals surface area contributed by atoms with Crippen molar-refractivity contribution < 1.29 is 19.0 Å². The number of rotatable bonds is 6. The standard InChI is InChI=1S/C18H21N3O4/c1-23-17-18(20-10-9-19-17)25-15-8-5-11-21(12-15)16(22)13-24-14-6-3-2-4-7-14/h2-4,6-7,9-10,15H,5,8,11-13H2,1H3. The topological polar surface area (TPSA) is 73.8 Å². The number of methoxy groups -OCH3 is 1. The van der Waals surface area contributed by atoms with Crippen LogP contribution in [0.1, 0.15) is 12.8 Å². The number of carbonyl (C=O) groups excluding carboxylic acids is 1. The summed E-state index contributed by atoms with van der Waals surface area (Å²) in [5, 5.41) is 0. The third-order valence-corrected chi connectivity index (χ3v) is 3.94. The van der Waals surface area contributed by atoms with Gasteiger partial charge in [0.25, 0.3) is 17.7 Å². The minimum Gasteiger partial charge on any atom is -0.484 e. The Morgan fingerprint density at radius 1 is 1.20 bits per heavy atom. The van der Waals surface area contributed by atoms with Gasteiger partial charge in [-0.25, -0.2) is 9.97 Å². The highest BCUT2D eigenvalue weighted by atomic mass is 16.5. The molecule has 1 aliphatic rings. The minimum atomic E-state index is -0.139. The molecule has 1 aromatic heterocycles. The second kappa shape index (κ2) is 8.32. The zero-order valence-corrected chi connectivity index (χ0v) is 14.1. The Morgan fingerprint density at radius 3 is 2.72 bits per heavy atom. The fourth-order valence-electron chi connectivity index (χ4n) is 2.71. The van der Waals surface area contributed by atoms with Crippen molar-refractivity contribution in [3.63, 3.8) is 0 Å². The number of carbonyl (C=O) groups is 1.